The molecule has 0 fully saturated rings. The summed E-state index contributed by atoms with van der Waals surface area (Å²) in [6, 6.07) is 0. The summed E-state index contributed by atoms with van der Waals surface area (Å²) in [7, 11) is 0. The third-order valence-electron chi connectivity index (χ3n) is 2.22. The lowest BCUT2D eigenvalue weighted by molar-refractivity contribution is -0.132. The number of hydrogen-bond acceptors (Lipinski definition) is 1. The minimum atomic E-state index is -0.859. The van der Waals surface area contributed by atoms with Crippen LogP contribution in [0.4, 0.5) is 0 Å². The summed E-state index contributed by atoms with van der Waals surface area (Å²) in [5, 5.41) is 8.66. The van der Waals surface area contributed by atoms with Crippen LogP contribution in [-0.4, -0.2) is 11.1 Å². The molecule has 13 heavy (non-hydrogen) atoms. The molecule has 0 aromatic carbocycles. The molecule has 0 rings (SSSR count). The van der Waals surface area contributed by atoms with Crippen molar-refractivity contribution in [2.75, 3.05) is 0 Å². The smallest absolute Gasteiger partial charge is 0.330 e. The average molecular weight is 184 g/mol. The monoisotopic (exact) mass is 184 g/mol. The van der Waals surface area contributed by atoms with Gasteiger partial charge in [-0.25, -0.2) is 4.79 Å². The van der Waals surface area contributed by atoms with Crippen molar-refractivity contribution < 1.29 is 9.90 Å². The molecule has 0 bridgehead atoms. The van der Waals surface area contributed by atoms with Crippen molar-refractivity contribution in [2.45, 2.75) is 40.0 Å². The zero-order valence-electron chi connectivity index (χ0n) is 8.84. The molecule has 0 aromatic heterocycles. The highest BCUT2D eigenvalue weighted by Gasteiger charge is 2.13. The van der Waals surface area contributed by atoms with Gasteiger partial charge >= 0.3 is 5.97 Å². The van der Waals surface area contributed by atoms with E-state index >= 15 is 0 Å². The highest BCUT2D eigenvalue weighted by atomic mass is 16.4. The van der Waals surface area contributed by atoms with Crippen molar-refractivity contribution in [3.05, 3.63) is 12.2 Å². The first-order valence-corrected chi connectivity index (χ1v) is 4.88. The first kappa shape index (κ1) is 12.2. The van der Waals surface area contributed by atoms with Gasteiger partial charge in [0.25, 0.3) is 0 Å². The molecule has 0 heterocycles. The van der Waals surface area contributed by atoms with Gasteiger partial charge in [-0.1, -0.05) is 33.8 Å². The van der Waals surface area contributed by atoms with Crippen LogP contribution in [-0.2, 0) is 4.79 Å². The molecular formula is C11H20O2. The molecule has 0 aliphatic heterocycles. The van der Waals surface area contributed by atoms with E-state index < -0.39 is 5.97 Å². The summed E-state index contributed by atoms with van der Waals surface area (Å²) in [5.41, 5.74) is 0.340. The van der Waals surface area contributed by atoms with E-state index in [4.69, 9.17) is 5.11 Å². The summed E-state index contributed by atoms with van der Waals surface area (Å²) < 4.78 is 0. The van der Waals surface area contributed by atoms with Crippen LogP contribution in [0.15, 0.2) is 12.2 Å². The lowest BCUT2D eigenvalue weighted by atomic mass is 9.89. The second kappa shape index (κ2) is 5.79. The number of aliphatic carboxylic acids is 1. The second-order valence-electron chi connectivity index (χ2n) is 4.02. The van der Waals surface area contributed by atoms with Crippen LogP contribution in [0.2, 0.25) is 0 Å². The van der Waals surface area contributed by atoms with Gasteiger partial charge in [-0.2, -0.15) is 0 Å². The fraction of sp³-hybridized carbons (Fsp3) is 0.727. The average Bonchev–Trinajstić information content (AvgIpc) is 2.02. The van der Waals surface area contributed by atoms with Crippen LogP contribution >= 0.6 is 0 Å². The van der Waals surface area contributed by atoms with E-state index in [0.29, 0.717) is 23.8 Å². The Morgan fingerprint density at radius 3 is 2.31 bits per heavy atom. The zero-order chi connectivity index (χ0) is 10.4. The number of carboxylic acids is 1. The van der Waals surface area contributed by atoms with E-state index in [0.717, 1.165) is 12.8 Å². The van der Waals surface area contributed by atoms with Gasteiger partial charge in [-0.15, -0.1) is 0 Å². The number of carboxylic acid groups (broad SMARTS) is 1. The topological polar surface area (TPSA) is 37.3 Å². The van der Waals surface area contributed by atoms with E-state index in [2.05, 4.69) is 27.4 Å². The Hall–Kier alpha value is -0.790. The molecule has 76 valence electrons. The van der Waals surface area contributed by atoms with E-state index in [1.54, 1.807) is 0 Å². The van der Waals surface area contributed by atoms with Crippen LogP contribution < -0.4 is 0 Å². The lowest BCUT2D eigenvalue weighted by Gasteiger charge is -2.16. The molecule has 0 saturated heterocycles. The molecule has 0 spiro atoms. The predicted molar refractivity (Wildman–Crippen MR) is 54.6 cm³/mol. The maximum absolute atomic E-state index is 10.5. The quantitative estimate of drug-likeness (QED) is 0.644. The molecule has 1 N–H and O–H groups in total. The Morgan fingerprint density at radius 2 is 2.00 bits per heavy atom. The fourth-order valence-electron chi connectivity index (χ4n) is 1.50. The van der Waals surface area contributed by atoms with Crippen molar-refractivity contribution in [2.24, 2.45) is 11.8 Å². The van der Waals surface area contributed by atoms with Gasteiger partial charge < -0.3 is 5.11 Å². The van der Waals surface area contributed by atoms with Crippen molar-refractivity contribution in [1.82, 2.24) is 0 Å². The Bertz CT molecular complexity index is 183. The van der Waals surface area contributed by atoms with Crippen molar-refractivity contribution in [3.8, 4) is 0 Å². The van der Waals surface area contributed by atoms with Crippen molar-refractivity contribution >= 4 is 5.97 Å². The predicted octanol–water partition coefficient (Wildman–Crippen LogP) is 3.09. The zero-order valence-corrected chi connectivity index (χ0v) is 8.84. The van der Waals surface area contributed by atoms with Gasteiger partial charge in [-0.3, -0.25) is 0 Å². The molecule has 0 saturated carbocycles. The van der Waals surface area contributed by atoms with E-state index in [1.165, 1.54) is 0 Å². The SMILES string of the molecule is C=C(CC(CC)CC(C)C)C(=O)O. The highest BCUT2D eigenvalue weighted by Crippen LogP contribution is 2.22. The number of carbonyl (C=O) groups is 1. The Labute approximate surface area is 80.7 Å². The van der Waals surface area contributed by atoms with Gasteiger partial charge in [0.05, 0.1) is 0 Å². The molecule has 0 radical (unpaired) electrons. The van der Waals surface area contributed by atoms with E-state index in [-0.39, 0.29) is 0 Å². The van der Waals surface area contributed by atoms with Crippen LogP contribution in [0.3, 0.4) is 0 Å². The number of rotatable bonds is 6. The summed E-state index contributed by atoms with van der Waals surface area (Å²) in [4.78, 5) is 10.5. The molecule has 1 atom stereocenters. The Morgan fingerprint density at radius 1 is 1.46 bits per heavy atom. The molecule has 2 nitrogen and oxygen atoms in total. The third kappa shape index (κ3) is 5.45. The largest absolute Gasteiger partial charge is 0.478 e. The molecule has 0 aliphatic carbocycles. The molecule has 1 unspecified atom stereocenters. The van der Waals surface area contributed by atoms with Crippen LogP contribution in [0, 0.1) is 11.8 Å². The maximum atomic E-state index is 10.5. The van der Waals surface area contributed by atoms with Crippen LogP contribution in [0.1, 0.15) is 40.0 Å². The van der Waals surface area contributed by atoms with Crippen molar-refractivity contribution in [3.63, 3.8) is 0 Å². The van der Waals surface area contributed by atoms with Gasteiger partial charge in [0, 0.05) is 5.57 Å². The minimum Gasteiger partial charge on any atom is -0.478 e. The summed E-state index contributed by atoms with van der Waals surface area (Å²) in [5.74, 6) is 0.248. The standard InChI is InChI=1S/C11H20O2/c1-5-10(6-8(2)3)7-9(4)11(12)13/h8,10H,4-7H2,1-3H3,(H,12,13). The molecule has 0 amide bonds. The van der Waals surface area contributed by atoms with Gasteiger partial charge in [-0.05, 0) is 24.7 Å². The Balaban J connectivity index is 3.97. The van der Waals surface area contributed by atoms with Gasteiger partial charge in [0.1, 0.15) is 0 Å². The summed E-state index contributed by atoms with van der Waals surface area (Å²) in [6.07, 6.45) is 2.75. The fourth-order valence-corrected chi connectivity index (χ4v) is 1.50. The highest BCUT2D eigenvalue weighted by molar-refractivity contribution is 5.85. The lowest BCUT2D eigenvalue weighted by Crippen LogP contribution is -2.09. The minimum absolute atomic E-state index is 0.340. The first-order valence-electron chi connectivity index (χ1n) is 4.88. The maximum Gasteiger partial charge on any atom is 0.330 e. The van der Waals surface area contributed by atoms with Crippen molar-refractivity contribution in [1.29, 1.82) is 0 Å². The molecule has 0 aromatic rings. The molecule has 2 heteroatoms. The second-order valence-corrected chi connectivity index (χ2v) is 4.02. The van der Waals surface area contributed by atoms with E-state index in [1.807, 2.05) is 0 Å². The van der Waals surface area contributed by atoms with E-state index in [9.17, 15) is 4.79 Å². The van der Waals surface area contributed by atoms with Gasteiger partial charge in [0.15, 0.2) is 0 Å². The van der Waals surface area contributed by atoms with Gasteiger partial charge in [0.2, 0.25) is 0 Å². The Kier molecular flexibility index (Phi) is 5.44. The summed E-state index contributed by atoms with van der Waals surface area (Å²) >= 11 is 0. The normalized spacial score (nSPS) is 12.9. The number of hydrogen-bond donors (Lipinski definition) is 1. The molecular weight excluding hydrogens is 164 g/mol. The first-order chi connectivity index (χ1) is 5.97. The molecule has 0 aliphatic rings. The third-order valence-corrected chi connectivity index (χ3v) is 2.22. The summed E-state index contributed by atoms with van der Waals surface area (Å²) in [6.45, 7) is 9.97. The van der Waals surface area contributed by atoms with Crippen LogP contribution in [0.25, 0.3) is 0 Å². The van der Waals surface area contributed by atoms with Crippen LogP contribution in [0.5, 0.6) is 0 Å².